The zero-order valence-corrected chi connectivity index (χ0v) is 15.8. The highest BCUT2D eigenvalue weighted by molar-refractivity contribution is 7.92. The Morgan fingerprint density at radius 2 is 1.80 bits per heavy atom. The number of sulfonamides is 1. The van der Waals surface area contributed by atoms with E-state index in [9.17, 15) is 18.0 Å². The SMILES string of the molecule is C[C@@H](CNC(=O)OC(C)(C)C)C(=O)Oc1ccccc1NS(C)(=O)=O. The largest absolute Gasteiger partial charge is 0.444 e. The number of ether oxygens (including phenoxy) is 2. The number of amides is 1. The molecule has 0 saturated heterocycles. The third-order valence-electron chi connectivity index (χ3n) is 2.75. The molecular weight excluding hydrogens is 348 g/mol. The number of hydrogen-bond acceptors (Lipinski definition) is 6. The first-order valence-corrected chi connectivity index (χ1v) is 9.52. The monoisotopic (exact) mass is 372 g/mol. The molecule has 140 valence electrons. The fourth-order valence-electron chi connectivity index (χ4n) is 1.68. The van der Waals surface area contributed by atoms with Gasteiger partial charge in [-0.1, -0.05) is 19.1 Å². The van der Waals surface area contributed by atoms with Crippen molar-refractivity contribution in [2.24, 2.45) is 5.92 Å². The summed E-state index contributed by atoms with van der Waals surface area (Å²) in [6, 6.07) is 6.17. The molecule has 2 N–H and O–H groups in total. The Bertz CT molecular complexity index is 724. The van der Waals surface area contributed by atoms with E-state index in [0.717, 1.165) is 6.26 Å². The van der Waals surface area contributed by atoms with Gasteiger partial charge in [-0.2, -0.15) is 0 Å². The Morgan fingerprint density at radius 3 is 2.36 bits per heavy atom. The van der Waals surface area contributed by atoms with Gasteiger partial charge in [-0.3, -0.25) is 9.52 Å². The molecule has 0 unspecified atom stereocenters. The van der Waals surface area contributed by atoms with Gasteiger partial charge in [-0.15, -0.1) is 0 Å². The predicted octanol–water partition coefficient (Wildman–Crippen LogP) is 2.12. The van der Waals surface area contributed by atoms with Gasteiger partial charge in [0, 0.05) is 6.54 Å². The van der Waals surface area contributed by atoms with Crippen molar-refractivity contribution in [3.8, 4) is 5.75 Å². The molecule has 1 amide bonds. The van der Waals surface area contributed by atoms with Crippen LogP contribution >= 0.6 is 0 Å². The molecule has 0 radical (unpaired) electrons. The van der Waals surface area contributed by atoms with Crippen LogP contribution in [0, 0.1) is 5.92 Å². The summed E-state index contributed by atoms with van der Waals surface area (Å²) in [6.07, 6.45) is 0.366. The Labute approximate surface area is 147 Å². The molecule has 1 aromatic rings. The van der Waals surface area contributed by atoms with Crippen LogP contribution in [0.1, 0.15) is 27.7 Å². The number of esters is 1. The number of nitrogens with one attached hydrogen (secondary N) is 2. The van der Waals surface area contributed by atoms with Crippen LogP contribution < -0.4 is 14.8 Å². The van der Waals surface area contributed by atoms with Gasteiger partial charge in [0.1, 0.15) is 5.60 Å². The van der Waals surface area contributed by atoms with Crippen molar-refractivity contribution in [1.29, 1.82) is 0 Å². The first-order valence-electron chi connectivity index (χ1n) is 7.63. The van der Waals surface area contributed by atoms with Crippen molar-refractivity contribution in [2.75, 3.05) is 17.5 Å². The average molecular weight is 372 g/mol. The molecule has 0 heterocycles. The molecule has 0 aliphatic heterocycles. The summed E-state index contributed by atoms with van der Waals surface area (Å²) in [5.41, 5.74) is -0.477. The van der Waals surface area contributed by atoms with E-state index < -0.39 is 33.6 Å². The smallest absolute Gasteiger partial charge is 0.407 e. The summed E-state index contributed by atoms with van der Waals surface area (Å²) in [5.74, 6) is -1.18. The second-order valence-corrected chi connectivity index (χ2v) is 8.32. The molecule has 0 aliphatic carbocycles. The van der Waals surface area contributed by atoms with Crippen LogP contribution in [0.2, 0.25) is 0 Å². The fourth-order valence-corrected chi connectivity index (χ4v) is 2.25. The lowest BCUT2D eigenvalue weighted by Gasteiger charge is -2.20. The topological polar surface area (TPSA) is 111 Å². The lowest BCUT2D eigenvalue weighted by Crippen LogP contribution is -2.37. The van der Waals surface area contributed by atoms with Crippen molar-refractivity contribution in [1.82, 2.24) is 5.32 Å². The van der Waals surface area contributed by atoms with Crippen LogP contribution in [-0.4, -0.2) is 38.9 Å². The maximum atomic E-state index is 12.1. The van der Waals surface area contributed by atoms with Crippen LogP contribution in [0.5, 0.6) is 5.75 Å². The van der Waals surface area contributed by atoms with Crippen LogP contribution in [0.4, 0.5) is 10.5 Å². The third kappa shape index (κ3) is 8.39. The molecule has 0 fully saturated rings. The Hall–Kier alpha value is -2.29. The number of rotatable bonds is 6. The zero-order chi connectivity index (χ0) is 19.3. The predicted molar refractivity (Wildman–Crippen MR) is 93.9 cm³/mol. The quantitative estimate of drug-likeness (QED) is 0.584. The van der Waals surface area contributed by atoms with E-state index in [4.69, 9.17) is 9.47 Å². The summed E-state index contributed by atoms with van der Waals surface area (Å²) in [7, 11) is -3.51. The minimum absolute atomic E-state index is 0.0232. The highest BCUT2D eigenvalue weighted by Crippen LogP contribution is 2.25. The molecule has 0 saturated carbocycles. The fraction of sp³-hybridized carbons (Fsp3) is 0.500. The van der Waals surface area contributed by atoms with Crippen molar-refractivity contribution in [2.45, 2.75) is 33.3 Å². The van der Waals surface area contributed by atoms with Gasteiger partial charge in [-0.25, -0.2) is 13.2 Å². The number of alkyl carbamates (subject to hydrolysis) is 1. The van der Waals surface area contributed by atoms with Gasteiger partial charge < -0.3 is 14.8 Å². The van der Waals surface area contributed by atoms with Gasteiger partial charge in [0.25, 0.3) is 0 Å². The van der Waals surface area contributed by atoms with Crippen molar-refractivity contribution < 1.29 is 27.5 Å². The highest BCUT2D eigenvalue weighted by atomic mass is 32.2. The number of carbonyl (C=O) groups is 2. The molecule has 1 atom stereocenters. The van der Waals surface area contributed by atoms with Crippen molar-refractivity contribution in [3.63, 3.8) is 0 Å². The number of benzene rings is 1. The lowest BCUT2D eigenvalue weighted by atomic mass is 10.2. The Kier molecular flexibility index (Phi) is 6.80. The third-order valence-corrected chi connectivity index (χ3v) is 3.34. The van der Waals surface area contributed by atoms with Crippen molar-refractivity contribution >= 4 is 27.8 Å². The second kappa shape index (κ2) is 8.19. The molecule has 0 bridgehead atoms. The summed E-state index contributed by atoms with van der Waals surface area (Å²) in [4.78, 5) is 23.7. The molecular formula is C16H24N2O6S. The molecule has 0 aromatic heterocycles. The normalized spacial score (nSPS) is 12.8. The Morgan fingerprint density at radius 1 is 1.20 bits per heavy atom. The standard InChI is InChI=1S/C16H24N2O6S/c1-11(10-17-15(20)24-16(2,3)4)14(19)23-13-9-7-6-8-12(13)18-25(5,21)22/h6-9,11,18H,10H2,1-5H3,(H,17,20)/t11-/m0/s1. The molecule has 25 heavy (non-hydrogen) atoms. The van der Waals surface area contributed by atoms with Gasteiger partial charge in [0.2, 0.25) is 10.0 Å². The molecule has 0 aliphatic rings. The number of carbonyl (C=O) groups excluding carboxylic acids is 2. The highest BCUT2D eigenvalue weighted by Gasteiger charge is 2.21. The minimum Gasteiger partial charge on any atom is -0.444 e. The van der Waals surface area contributed by atoms with Gasteiger partial charge in [0.15, 0.2) is 5.75 Å². The summed E-state index contributed by atoms with van der Waals surface area (Å²) in [6.45, 7) is 6.80. The summed E-state index contributed by atoms with van der Waals surface area (Å²) < 4.78 is 35.3. The molecule has 1 rings (SSSR count). The molecule has 8 nitrogen and oxygen atoms in total. The van der Waals surface area contributed by atoms with Crippen LogP contribution in [0.3, 0.4) is 0 Å². The molecule has 9 heteroatoms. The average Bonchev–Trinajstić information content (AvgIpc) is 2.43. The minimum atomic E-state index is -3.51. The second-order valence-electron chi connectivity index (χ2n) is 6.58. The van der Waals surface area contributed by atoms with Crippen LogP contribution in [-0.2, 0) is 19.6 Å². The molecule has 1 aromatic carbocycles. The maximum absolute atomic E-state index is 12.1. The van der Waals surface area contributed by atoms with E-state index in [-0.39, 0.29) is 18.0 Å². The maximum Gasteiger partial charge on any atom is 0.407 e. The first kappa shape index (κ1) is 20.8. The molecule has 0 spiro atoms. The van der Waals surface area contributed by atoms with E-state index in [0.29, 0.717) is 0 Å². The summed E-state index contributed by atoms with van der Waals surface area (Å²) in [5, 5.41) is 2.49. The van der Waals surface area contributed by atoms with Crippen molar-refractivity contribution in [3.05, 3.63) is 24.3 Å². The summed E-state index contributed by atoms with van der Waals surface area (Å²) >= 11 is 0. The van der Waals surface area contributed by atoms with Gasteiger partial charge in [0.05, 0.1) is 17.9 Å². The Balaban J connectivity index is 2.66. The number of anilines is 1. The van der Waals surface area contributed by atoms with E-state index >= 15 is 0 Å². The van der Waals surface area contributed by atoms with Crippen LogP contribution in [0.15, 0.2) is 24.3 Å². The number of hydrogen-bond donors (Lipinski definition) is 2. The van der Waals surface area contributed by atoms with E-state index in [1.807, 2.05) is 0 Å². The zero-order valence-electron chi connectivity index (χ0n) is 15.0. The lowest BCUT2D eigenvalue weighted by molar-refractivity contribution is -0.138. The van der Waals surface area contributed by atoms with Crippen LogP contribution in [0.25, 0.3) is 0 Å². The van der Waals surface area contributed by atoms with E-state index in [2.05, 4.69) is 10.0 Å². The van der Waals surface area contributed by atoms with E-state index in [1.165, 1.54) is 12.1 Å². The first-order chi connectivity index (χ1) is 11.4. The van der Waals surface area contributed by atoms with Gasteiger partial charge in [-0.05, 0) is 32.9 Å². The van der Waals surface area contributed by atoms with Gasteiger partial charge >= 0.3 is 12.1 Å². The number of para-hydroxylation sites is 2. The van der Waals surface area contributed by atoms with E-state index in [1.54, 1.807) is 39.8 Å².